The SMILES string of the molecule is CPc1ccc(C(=N)N)nc1. The highest BCUT2D eigenvalue weighted by Crippen LogP contribution is 2.01. The van der Waals surface area contributed by atoms with Gasteiger partial charge in [0, 0.05) is 6.20 Å². The quantitative estimate of drug-likeness (QED) is 0.378. The monoisotopic (exact) mass is 167 g/mol. The normalized spacial score (nSPS) is 10.6. The summed E-state index contributed by atoms with van der Waals surface area (Å²) >= 11 is 0. The number of nitrogen functional groups attached to an aromatic ring is 1. The van der Waals surface area contributed by atoms with E-state index in [1.165, 1.54) is 5.30 Å². The molecule has 1 unspecified atom stereocenters. The van der Waals surface area contributed by atoms with Gasteiger partial charge in [0.25, 0.3) is 0 Å². The third-order valence-electron chi connectivity index (χ3n) is 1.33. The Morgan fingerprint density at radius 1 is 1.64 bits per heavy atom. The zero-order valence-corrected chi connectivity index (χ0v) is 7.26. The van der Waals surface area contributed by atoms with E-state index in [9.17, 15) is 0 Å². The Kier molecular flexibility index (Phi) is 2.55. The van der Waals surface area contributed by atoms with Crippen LogP contribution in [0.5, 0.6) is 0 Å². The molecule has 0 bridgehead atoms. The Morgan fingerprint density at radius 2 is 2.36 bits per heavy atom. The summed E-state index contributed by atoms with van der Waals surface area (Å²) in [6, 6.07) is 3.72. The first kappa shape index (κ1) is 8.15. The predicted octanol–water partition coefficient (Wildman–Crippen LogP) is 0.299. The zero-order valence-electron chi connectivity index (χ0n) is 6.26. The van der Waals surface area contributed by atoms with Crippen molar-refractivity contribution in [3.05, 3.63) is 24.0 Å². The summed E-state index contributed by atoms with van der Waals surface area (Å²) in [5.41, 5.74) is 5.78. The first-order valence-corrected chi connectivity index (χ1v) is 4.72. The van der Waals surface area contributed by atoms with Crippen molar-refractivity contribution in [1.82, 2.24) is 4.98 Å². The lowest BCUT2D eigenvalue weighted by atomic mass is 10.3. The third kappa shape index (κ3) is 1.99. The highest BCUT2D eigenvalue weighted by atomic mass is 31.1. The van der Waals surface area contributed by atoms with E-state index >= 15 is 0 Å². The summed E-state index contributed by atoms with van der Waals surface area (Å²) < 4.78 is 0. The van der Waals surface area contributed by atoms with E-state index in [0.717, 1.165) is 8.58 Å². The second-order valence-electron chi connectivity index (χ2n) is 2.10. The smallest absolute Gasteiger partial charge is 0.141 e. The van der Waals surface area contributed by atoms with Gasteiger partial charge >= 0.3 is 0 Å². The van der Waals surface area contributed by atoms with Crippen LogP contribution in [0.4, 0.5) is 0 Å². The molecule has 1 rings (SSSR count). The molecule has 4 heteroatoms. The standard InChI is InChI=1S/C7H10N3P/c1-11-5-2-3-6(7(8)9)10-4-5/h2-4,11H,1H3,(H3,8,9). The number of hydrogen-bond donors (Lipinski definition) is 2. The molecule has 3 nitrogen and oxygen atoms in total. The molecule has 0 fully saturated rings. The molecule has 0 saturated carbocycles. The maximum Gasteiger partial charge on any atom is 0.141 e. The zero-order chi connectivity index (χ0) is 8.27. The number of hydrogen-bond acceptors (Lipinski definition) is 2. The van der Waals surface area contributed by atoms with Crippen LogP contribution in [0.2, 0.25) is 0 Å². The molecule has 0 amide bonds. The molecule has 0 aromatic carbocycles. The minimum Gasteiger partial charge on any atom is -0.382 e. The van der Waals surface area contributed by atoms with E-state index < -0.39 is 0 Å². The number of nitrogens with one attached hydrogen (secondary N) is 1. The predicted molar refractivity (Wildman–Crippen MR) is 49.1 cm³/mol. The molecule has 0 aliphatic rings. The molecule has 3 N–H and O–H groups in total. The summed E-state index contributed by atoms with van der Waals surface area (Å²) in [6.07, 6.45) is 1.76. The molecule has 1 atom stereocenters. The van der Waals surface area contributed by atoms with Crippen LogP contribution in [0.3, 0.4) is 0 Å². The number of aromatic nitrogens is 1. The summed E-state index contributed by atoms with van der Waals surface area (Å²) in [6.45, 7) is 2.09. The largest absolute Gasteiger partial charge is 0.382 e. The fourth-order valence-corrected chi connectivity index (χ4v) is 1.14. The molecule has 0 radical (unpaired) electrons. The lowest BCUT2D eigenvalue weighted by Gasteiger charge is -1.97. The van der Waals surface area contributed by atoms with Gasteiger partial charge in [-0.2, -0.15) is 0 Å². The Bertz CT molecular complexity index is 255. The lowest BCUT2D eigenvalue weighted by molar-refractivity contribution is 1.27. The van der Waals surface area contributed by atoms with Crippen LogP contribution in [0.25, 0.3) is 0 Å². The van der Waals surface area contributed by atoms with E-state index in [2.05, 4.69) is 11.6 Å². The van der Waals surface area contributed by atoms with E-state index in [4.69, 9.17) is 11.1 Å². The van der Waals surface area contributed by atoms with Crippen LogP contribution in [0.1, 0.15) is 5.69 Å². The summed E-state index contributed by atoms with van der Waals surface area (Å²) in [5.74, 6) is 0.0241. The summed E-state index contributed by atoms with van der Waals surface area (Å²) in [5, 5.41) is 8.27. The maximum absolute atomic E-state index is 7.08. The molecule has 0 spiro atoms. The van der Waals surface area contributed by atoms with E-state index in [-0.39, 0.29) is 5.84 Å². The molecule has 11 heavy (non-hydrogen) atoms. The Balaban J connectivity index is 2.91. The topological polar surface area (TPSA) is 62.8 Å². The molecular formula is C7H10N3P. The van der Waals surface area contributed by atoms with Gasteiger partial charge in [-0.1, -0.05) is 14.6 Å². The van der Waals surface area contributed by atoms with Crippen molar-refractivity contribution >= 4 is 19.7 Å². The second kappa shape index (κ2) is 3.44. The molecule has 0 aliphatic heterocycles. The van der Waals surface area contributed by atoms with Crippen molar-refractivity contribution in [2.45, 2.75) is 0 Å². The maximum atomic E-state index is 7.08. The minimum absolute atomic E-state index is 0.0241. The van der Waals surface area contributed by atoms with E-state index in [0.29, 0.717) is 5.69 Å². The second-order valence-corrected chi connectivity index (χ2v) is 3.17. The van der Waals surface area contributed by atoms with Crippen molar-refractivity contribution in [3.8, 4) is 0 Å². The molecule has 1 heterocycles. The van der Waals surface area contributed by atoms with Crippen LogP contribution in [0.15, 0.2) is 18.3 Å². The number of rotatable bonds is 2. The average Bonchev–Trinajstić information content (AvgIpc) is 2.05. The van der Waals surface area contributed by atoms with Gasteiger partial charge in [-0.05, 0) is 18.0 Å². The summed E-state index contributed by atoms with van der Waals surface area (Å²) in [7, 11) is 0.746. The van der Waals surface area contributed by atoms with Crippen molar-refractivity contribution in [2.24, 2.45) is 5.73 Å². The lowest BCUT2D eigenvalue weighted by Crippen LogP contribution is -2.14. The van der Waals surface area contributed by atoms with Crippen LogP contribution >= 0.6 is 8.58 Å². The van der Waals surface area contributed by atoms with Crippen LogP contribution in [-0.4, -0.2) is 17.5 Å². The van der Waals surface area contributed by atoms with Crippen molar-refractivity contribution < 1.29 is 0 Å². The highest BCUT2D eigenvalue weighted by Gasteiger charge is 1.95. The molecule has 0 saturated heterocycles. The molecule has 0 aliphatic carbocycles. The fraction of sp³-hybridized carbons (Fsp3) is 0.143. The van der Waals surface area contributed by atoms with Crippen molar-refractivity contribution in [1.29, 1.82) is 5.41 Å². The minimum atomic E-state index is 0.0241. The number of nitrogens with zero attached hydrogens (tertiary/aromatic N) is 1. The van der Waals surface area contributed by atoms with Gasteiger partial charge in [0.15, 0.2) is 0 Å². The van der Waals surface area contributed by atoms with Crippen LogP contribution < -0.4 is 11.0 Å². The molecule has 1 aromatic heterocycles. The van der Waals surface area contributed by atoms with Crippen molar-refractivity contribution in [3.63, 3.8) is 0 Å². The van der Waals surface area contributed by atoms with Gasteiger partial charge in [-0.25, -0.2) is 0 Å². The van der Waals surface area contributed by atoms with E-state index in [1.54, 1.807) is 12.3 Å². The Hall–Kier alpha value is -0.950. The number of pyridine rings is 1. The van der Waals surface area contributed by atoms with E-state index in [1.807, 2.05) is 6.07 Å². The molecular weight excluding hydrogens is 157 g/mol. The van der Waals surface area contributed by atoms with Gasteiger partial charge in [0.05, 0.1) is 0 Å². The summed E-state index contributed by atoms with van der Waals surface area (Å²) in [4.78, 5) is 4.01. The Labute approximate surface area is 67.3 Å². The first-order valence-electron chi connectivity index (χ1n) is 3.22. The number of amidine groups is 1. The Morgan fingerprint density at radius 3 is 2.73 bits per heavy atom. The molecule has 1 aromatic rings. The van der Waals surface area contributed by atoms with Crippen LogP contribution in [-0.2, 0) is 0 Å². The van der Waals surface area contributed by atoms with Gasteiger partial charge in [0.2, 0.25) is 0 Å². The highest BCUT2D eigenvalue weighted by molar-refractivity contribution is 7.46. The first-order chi connectivity index (χ1) is 5.24. The van der Waals surface area contributed by atoms with Crippen LogP contribution in [0, 0.1) is 5.41 Å². The van der Waals surface area contributed by atoms with Gasteiger partial charge in [-0.15, -0.1) is 0 Å². The molecule has 58 valence electrons. The van der Waals surface area contributed by atoms with Gasteiger partial charge in [0.1, 0.15) is 11.5 Å². The van der Waals surface area contributed by atoms with Crippen molar-refractivity contribution in [2.75, 3.05) is 6.66 Å². The van der Waals surface area contributed by atoms with Gasteiger partial charge < -0.3 is 5.73 Å². The van der Waals surface area contributed by atoms with Gasteiger partial charge in [-0.3, -0.25) is 10.4 Å². The average molecular weight is 167 g/mol. The fourth-order valence-electron chi connectivity index (χ4n) is 0.701. The number of nitrogens with two attached hydrogens (primary N) is 1. The third-order valence-corrected chi connectivity index (χ3v) is 2.20.